The molecule has 2 saturated heterocycles. The van der Waals surface area contributed by atoms with Crippen molar-refractivity contribution in [2.24, 2.45) is 0 Å². The first-order valence-electron chi connectivity index (χ1n) is 10.9. The largest absolute Gasteiger partial charge is 0.361 e. The maximum atomic E-state index is 13.3. The van der Waals surface area contributed by atoms with Crippen molar-refractivity contribution in [3.8, 4) is 0 Å². The zero-order chi connectivity index (χ0) is 21.6. The van der Waals surface area contributed by atoms with Crippen molar-refractivity contribution in [1.29, 1.82) is 0 Å². The summed E-state index contributed by atoms with van der Waals surface area (Å²) in [5, 5.41) is 1.23. The zero-order valence-electron chi connectivity index (χ0n) is 17.7. The molecule has 0 radical (unpaired) electrons. The van der Waals surface area contributed by atoms with Gasteiger partial charge in [0.15, 0.2) is 0 Å². The maximum Gasteiger partial charge on any atom is 0.243 e. The Hall–Kier alpha value is -2.64. The van der Waals surface area contributed by atoms with Crippen LogP contribution in [0.25, 0.3) is 10.9 Å². The van der Waals surface area contributed by atoms with Crippen molar-refractivity contribution in [3.05, 3.63) is 59.8 Å². The number of anilines is 1. The average molecular weight is 438 g/mol. The lowest BCUT2D eigenvalue weighted by atomic mass is 9.90. The van der Waals surface area contributed by atoms with Crippen molar-refractivity contribution in [1.82, 2.24) is 9.29 Å². The first-order chi connectivity index (χ1) is 14.9. The molecule has 0 spiro atoms. The van der Waals surface area contributed by atoms with E-state index in [1.54, 1.807) is 21.3 Å². The predicted molar refractivity (Wildman–Crippen MR) is 122 cm³/mol. The molecule has 1 N–H and O–H groups in total. The molecule has 3 aromatic rings. The van der Waals surface area contributed by atoms with Crippen LogP contribution in [0.2, 0.25) is 0 Å². The molecule has 2 fully saturated rings. The number of carbonyl (C=O) groups excluding carboxylic acids is 1. The minimum atomic E-state index is -3.56. The Bertz CT molecular complexity index is 1240. The fourth-order valence-corrected chi connectivity index (χ4v) is 6.67. The van der Waals surface area contributed by atoms with E-state index in [0.29, 0.717) is 42.4 Å². The number of aromatic nitrogens is 1. The number of fused-ring (bicyclic) bond motifs is 1. The van der Waals surface area contributed by atoms with Crippen molar-refractivity contribution in [2.75, 3.05) is 24.5 Å². The highest BCUT2D eigenvalue weighted by molar-refractivity contribution is 7.89. The lowest BCUT2D eigenvalue weighted by molar-refractivity contribution is -0.117. The number of H-pyrrole nitrogens is 1. The third-order valence-corrected chi connectivity index (χ3v) is 8.74. The zero-order valence-corrected chi connectivity index (χ0v) is 18.5. The van der Waals surface area contributed by atoms with Crippen LogP contribution in [0, 0.1) is 6.92 Å². The maximum absolute atomic E-state index is 13.3. The molecule has 1 aromatic heterocycles. The topological polar surface area (TPSA) is 73.5 Å². The highest BCUT2D eigenvalue weighted by Gasteiger charge is 2.32. The lowest BCUT2D eigenvalue weighted by Crippen LogP contribution is -2.38. The third-order valence-electron chi connectivity index (χ3n) is 6.68. The molecule has 7 heteroatoms. The number of rotatable bonds is 4. The van der Waals surface area contributed by atoms with Gasteiger partial charge in [0, 0.05) is 48.8 Å². The Morgan fingerprint density at radius 3 is 2.52 bits per heavy atom. The van der Waals surface area contributed by atoms with E-state index in [0.717, 1.165) is 30.5 Å². The number of nitrogens with one attached hydrogen (secondary N) is 1. The van der Waals surface area contributed by atoms with Gasteiger partial charge in [-0.1, -0.05) is 18.2 Å². The van der Waals surface area contributed by atoms with Gasteiger partial charge in [0.2, 0.25) is 15.9 Å². The summed E-state index contributed by atoms with van der Waals surface area (Å²) in [6.07, 6.45) is 5.09. The van der Waals surface area contributed by atoms with E-state index < -0.39 is 10.0 Å². The summed E-state index contributed by atoms with van der Waals surface area (Å²) in [5.41, 5.74) is 3.89. The monoisotopic (exact) mass is 437 g/mol. The van der Waals surface area contributed by atoms with Crippen molar-refractivity contribution in [3.63, 3.8) is 0 Å². The van der Waals surface area contributed by atoms with E-state index in [-0.39, 0.29) is 5.91 Å². The second-order valence-corrected chi connectivity index (χ2v) is 10.5. The van der Waals surface area contributed by atoms with Crippen LogP contribution in [-0.2, 0) is 14.8 Å². The summed E-state index contributed by atoms with van der Waals surface area (Å²) in [5.74, 6) is 0.460. The van der Waals surface area contributed by atoms with Crippen LogP contribution in [0.4, 0.5) is 5.69 Å². The molecule has 0 atom stereocenters. The number of hydrogen-bond donors (Lipinski definition) is 1. The molecule has 5 rings (SSSR count). The number of amides is 1. The number of benzene rings is 2. The van der Waals surface area contributed by atoms with Crippen molar-refractivity contribution >= 4 is 32.5 Å². The molecule has 162 valence electrons. The second-order valence-electron chi connectivity index (χ2n) is 8.57. The Kier molecular flexibility index (Phi) is 5.10. The number of carbonyl (C=O) groups is 1. The van der Waals surface area contributed by atoms with E-state index in [2.05, 4.69) is 23.3 Å². The molecule has 3 heterocycles. The number of para-hydroxylation sites is 1. The van der Waals surface area contributed by atoms with Crippen LogP contribution in [0.3, 0.4) is 0 Å². The second kappa shape index (κ2) is 7.80. The minimum Gasteiger partial charge on any atom is -0.361 e. The van der Waals surface area contributed by atoms with Crippen LogP contribution in [0.1, 0.15) is 42.7 Å². The summed E-state index contributed by atoms with van der Waals surface area (Å²) < 4.78 is 28.3. The summed E-state index contributed by atoms with van der Waals surface area (Å²) >= 11 is 0. The van der Waals surface area contributed by atoms with E-state index in [9.17, 15) is 13.2 Å². The number of sulfonamides is 1. The smallest absolute Gasteiger partial charge is 0.243 e. The highest BCUT2D eigenvalue weighted by Crippen LogP contribution is 2.35. The summed E-state index contributed by atoms with van der Waals surface area (Å²) in [4.78, 5) is 17.4. The fourth-order valence-electron chi connectivity index (χ4n) is 4.99. The van der Waals surface area contributed by atoms with Gasteiger partial charge in [-0.15, -0.1) is 0 Å². The highest BCUT2D eigenvalue weighted by atomic mass is 32.2. The molecule has 0 bridgehead atoms. The fraction of sp³-hybridized carbons (Fsp3) is 0.375. The quantitative estimate of drug-likeness (QED) is 0.666. The van der Waals surface area contributed by atoms with E-state index in [1.807, 2.05) is 25.1 Å². The average Bonchev–Trinajstić information content (AvgIpc) is 3.40. The molecule has 0 saturated carbocycles. The molecule has 6 nitrogen and oxygen atoms in total. The molecule has 2 aliphatic heterocycles. The molecule has 2 aliphatic rings. The number of nitrogens with zero attached hydrogens (tertiary/aromatic N) is 2. The van der Waals surface area contributed by atoms with Gasteiger partial charge >= 0.3 is 0 Å². The van der Waals surface area contributed by atoms with Gasteiger partial charge in [-0.3, -0.25) is 4.79 Å². The Balaban J connectivity index is 1.33. The van der Waals surface area contributed by atoms with Crippen molar-refractivity contribution < 1.29 is 13.2 Å². The molecule has 0 aliphatic carbocycles. The molecule has 0 unspecified atom stereocenters. The number of piperidine rings is 1. The van der Waals surface area contributed by atoms with Crippen LogP contribution in [0.5, 0.6) is 0 Å². The van der Waals surface area contributed by atoms with Crippen molar-refractivity contribution in [2.45, 2.75) is 43.4 Å². The minimum absolute atomic E-state index is 0.106. The van der Waals surface area contributed by atoms with Gasteiger partial charge in [-0.05, 0) is 67.5 Å². The molecule has 2 aromatic carbocycles. The third kappa shape index (κ3) is 3.55. The Morgan fingerprint density at radius 2 is 1.81 bits per heavy atom. The predicted octanol–water partition coefficient (Wildman–Crippen LogP) is 4.17. The number of hydrogen-bond acceptors (Lipinski definition) is 3. The molecular formula is C24H27N3O3S. The first-order valence-corrected chi connectivity index (χ1v) is 12.4. The molecule has 31 heavy (non-hydrogen) atoms. The van der Waals surface area contributed by atoms with Gasteiger partial charge in [0.05, 0.1) is 4.90 Å². The van der Waals surface area contributed by atoms with Crippen LogP contribution >= 0.6 is 0 Å². The molecular weight excluding hydrogens is 410 g/mol. The number of aromatic amines is 1. The summed E-state index contributed by atoms with van der Waals surface area (Å²) in [7, 11) is -3.56. The standard InChI is InChI=1S/C24H27N3O3S/c1-17-15-19(27-12-4-7-24(27)28)8-9-23(17)31(29,30)26-13-10-18(11-14-26)21-16-25-22-6-3-2-5-20(21)22/h2-3,5-6,8-9,15-16,18,25H,4,7,10-14H2,1H3. The normalized spacial score (nSPS) is 18.9. The summed E-state index contributed by atoms with van der Waals surface area (Å²) in [6, 6.07) is 13.5. The Labute approximate surface area is 182 Å². The van der Waals surface area contributed by atoms with E-state index in [1.165, 1.54) is 10.9 Å². The number of aryl methyl sites for hydroxylation is 1. The van der Waals surface area contributed by atoms with Crippen LogP contribution < -0.4 is 4.90 Å². The van der Waals surface area contributed by atoms with Gasteiger partial charge in [-0.2, -0.15) is 4.31 Å². The van der Waals surface area contributed by atoms with Gasteiger partial charge in [-0.25, -0.2) is 8.42 Å². The van der Waals surface area contributed by atoms with Gasteiger partial charge in [0.25, 0.3) is 0 Å². The van der Waals surface area contributed by atoms with E-state index >= 15 is 0 Å². The van der Waals surface area contributed by atoms with Gasteiger partial charge < -0.3 is 9.88 Å². The molecule has 1 amide bonds. The van der Waals surface area contributed by atoms with Crippen LogP contribution in [-0.4, -0.2) is 43.2 Å². The SMILES string of the molecule is Cc1cc(N2CCCC2=O)ccc1S(=O)(=O)N1CCC(c2c[nH]c3ccccc23)CC1. The van der Waals surface area contributed by atoms with Gasteiger partial charge in [0.1, 0.15) is 0 Å². The van der Waals surface area contributed by atoms with E-state index in [4.69, 9.17) is 0 Å². The van der Waals surface area contributed by atoms with Crippen LogP contribution in [0.15, 0.2) is 53.6 Å². The summed E-state index contributed by atoms with van der Waals surface area (Å²) in [6.45, 7) is 3.54. The Morgan fingerprint density at radius 1 is 1.03 bits per heavy atom. The first kappa shape index (κ1) is 20.3. The lowest BCUT2D eigenvalue weighted by Gasteiger charge is -2.31.